The van der Waals surface area contributed by atoms with Crippen molar-refractivity contribution in [1.29, 1.82) is 0 Å². The molecule has 0 aromatic heterocycles. The summed E-state index contributed by atoms with van der Waals surface area (Å²) in [5.41, 5.74) is 0. The maximum Gasteiger partial charge on any atom is 2.00 e. The molecule has 0 bridgehead atoms. The molecule has 0 spiro atoms. The van der Waals surface area contributed by atoms with Crippen molar-refractivity contribution in [3.8, 4) is 0 Å². The van der Waals surface area contributed by atoms with Crippen molar-refractivity contribution in [3.63, 3.8) is 0 Å². The summed E-state index contributed by atoms with van der Waals surface area (Å²) in [5.74, 6) is 0. The van der Waals surface area contributed by atoms with Gasteiger partial charge in [0.15, 0.2) is 0 Å². The van der Waals surface area contributed by atoms with Crippen LogP contribution >= 0.6 is 0 Å². The Kier molecular flexibility index (Phi) is 11.7. The van der Waals surface area contributed by atoms with E-state index in [4.69, 9.17) is 0 Å². The monoisotopic (exact) mass is 678 g/mol. The van der Waals surface area contributed by atoms with Crippen LogP contribution in [0.5, 0.6) is 0 Å². The second kappa shape index (κ2) is 6.76. The van der Waals surface area contributed by atoms with E-state index in [-0.39, 0.29) is 54.6 Å². The van der Waals surface area contributed by atoms with E-state index in [0.29, 0.717) is 0 Å². The summed E-state index contributed by atoms with van der Waals surface area (Å²) < 4.78 is 59.0. The fourth-order valence-electron chi connectivity index (χ4n) is 0.122. The predicted octanol–water partition coefficient (Wildman–Crippen LogP) is -6.59. The molecule has 0 amide bonds. The molecule has 0 fully saturated rings. The predicted molar refractivity (Wildman–Crippen MR) is 25.5 cm³/mol. The Hall–Kier alpha value is 2.36. The topological polar surface area (TPSA) is 136 Å². The van der Waals surface area contributed by atoms with Gasteiger partial charge in [-0.05, 0) is 0 Å². The van der Waals surface area contributed by atoms with E-state index in [1.165, 1.54) is 0 Å². The molecular formula is As2O7Pb2. The first-order valence-electron chi connectivity index (χ1n) is 1.46. The molecule has 0 atom stereocenters. The van der Waals surface area contributed by atoms with Gasteiger partial charge in [-0.15, -0.1) is 0 Å². The van der Waals surface area contributed by atoms with Crippen LogP contribution < -0.4 is 16.4 Å². The standard InChI is InChI=1S/As2H4O7.2Pb/c3-1(4,5)9-2(6,7)8;;/h(H2,3,4,5)(H2,6,7,8);;/q;2*+2/p-4. The van der Waals surface area contributed by atoms with E-state index in [1.807, 2.05) is 0 Å². The summed E-state index contributed by atoms with van der Waals surface area (Å²) in [6.07, 6.45) is 0. The van der Waals surface area contributed by atoms with Crippen LogP contribution in [-0.2, 0) is 10.2 Å². The van der Waals surface area contributed by atoms with Crippen molar-refractivity contribution in [2.45, 2.75) is 0 Å². The summed E-state index contributed by atoms with van der Waals surface area (Å²) in [7, 11) is 0. The van der Waals surface area contributed by atoms with Crippen molar-refractivity contribution in [1.82, 2.24) is 0 Å². The SMILES string of the molecule is O=[As]([O-])([O-])O[As](=O)([O-])[O-].[Pb+2].[Pb+2]. The van der Waals surface area contributed by atoms with E-state index in [1.54, 1.807) is 0 Å². The van der Waals surface area contributed by atoms with Crippen molar-refractivity contribution < 1.29 is 26.6 Å². The van der Waals surface area contributed by atoms with Gasteiger partial charge in [-0.25, -0.2) is 0 Å². The third-order valence-electron chi connectivity index (χ3n) is 0.200. The third kappa shape index (κ3) is 19.0. The first-order valence-corrected chi connectivity index (χ1v) is 7.59. The molecule has 0 rings (SSSR count). The maximum absolute atomic E-state index is 9.40. The first kappa shape index (κ1) is 19.0. The molecule has 11 heteroatoms. The number of rotatable bonds is 2. The summed E-state index contributed by atoms with van der Waals surface area (Å²) in [6, 6.07) is 0. The van der Waals surface area contributed by atoms with Crippen molar-refractivity contribution in [2.75, 3.05) is 0 Å². The van der Waals surface area contributed by atoms with E-state index in [0.717, 1.165) is 0 Å². The first-order chi connectivity index (χ1) is 3.71. The van der Waals surface area contributed by atoms with Crippen LogP contribution in [0.3, 0.4) is 0 Å². The Bertz CT molecular complexity index is 155. The molecule has 4 radical (unpaired) electrons. The van der Waals surface area contributed by atoms with Gasteiger partial charge in [-0.1, -0.05) is 0 Å². The second-order valence-electron chi connectivity index (χ2n) is 0.976. The fraction of sp³-hybridized carbons (Fsp3) is 0. The Morgan fingerprint density at radius 1 is 0.818 bits per heavy atom. The minimum absolute atomic E-state index is 0. The molecule has 0 aromatic rings. The molecular weight excluding hydrogens is 676 g/mol. The van der Waals surface area contributed by atoms with Gasteiger partial charge in [0.05, 0.1) is 0 Å². The van der Waals surface area contributed by atoms with Crippen LogP contribution in [0.15, 0.2) is 0 Å². The molecule has 0 aliphatic heterocycles. The number of hydrogen-bond acceptors (Lipinski definition) is 7. The van der Waals surface area contributed by atoms with Crippen LogP contribution in [0.4, 0.5) is 0 Å². The van der Waals surface area contributed by atoms with E-state index < -0.39 is 29.0 Å². The van der Waals surface area contributed by atoms with Crippen LogP contribution in [-0.4, -0.2) is 83.6 Å². The van der Waals surface area contributed by atoms with Gasteiger partial charge in [-0.3, -0.25) is 0 Å². The van der Waals surface area contributed by atoms with Gasteiger partial charge in [0.1, 0.15) is 0 Å². The molecule has 11 heavy (non-hydrogen) atoms. The average Bonchev–Trinajstić information content (AvgIpc) is 1.14. The average molecular weight is 676 g/mol. The maximum atomic E-state index is 9.40. The van der Waals surface area contributed by atoms with Gasteiger partial charge >= 0.3 is 110 Å². The zero-order chi connectivity index (χ0) is 7.71. The molecule has 0 heterocycles. The van der Waals surface area contributed by atoms with Crippen molar-refractivity contribution in [2.24, 2.45) is 0 Å². The van der Waals surface area contributed by atoms with Gasteiger partial charge in [0.25, 0.3) is 0 Å². The van der Waals surface area contributed by atoms with Gasteiger partial charge < -0.3 is 0 Å². The molecule has 0 saturated carbocycles. The summed E-state index contributed by atoms with van der Waals surface area (Å²) in [5, 5.41) is 0. The fourth-order valence-corrected chi connectivity index (χ4v) is 3.31. The zero-order valence-corrected chi connectivity index (χ0v) is 16.3. The summed E-state index contributed by atoms with van der Waals surface area (Å²) in [4.78, 5) is 0. The van der Waals surface area contributed by atoms with Gasteiger partial charge in [0, 0.05) is 0 Å². The quantitative estimate of drug-likeness (QED) is 0.266. The molecule has 7 nitrogen and oxygen atoms in total. The Labute approximate surface area is 109 Å². The Balaban J connectivity index is -0.000000320. The zero-order valence-electron chi connectivity index (χ0n) is 4.75. The molecule has 0 aromatic carbocycles. The molecule has 0 N–H and O–H groups in total. The van der Waals surface area contributed by atoms with Crippen molar-refractivity contribution in [3.05, 3.63) is 0 Å². The molecule has 0 saturated heterocycles. The van der Waals surface area contributed by atoms with E-state index in [2.05, 4.69) is 2.72 Å². The van der Waals surface area contributed by atoms with E-state index >= 15 is 0 Å². The van der Waals surface area contributed by atoms with Crippen LogP contribution in [0.2, 0.25) is 0 Å². The Morgan fingerprint density at radius 2 is 1.00 bits per heavy atom. The largest absolute Gasteiger partial charge is 2.00 e. The molecule has 0 aliphatic carbocycles. The van der Waals surface area contributed by atoms with Crippen LogP contribution in [0.1, 0.15) is 0 Å². The normalized spacial score (nSPS) is 11.3. The second-order valence-corrected chi connectivity index (χ2v) is 6.85. The minimum Gasteiger partial charge on any atom is 2.00 e. The molecule has 60 valence electrons. The summed E-state index contributed by atoms with van der Waals surface area (Å²) in [6.45, 7) is 0. The van der Waals surface area contributed by atoms with Gasteiger partial charge in [-0.2, -0.15) is 0 Å². The Morgan fingerprint density at radius 3 is 1.00 bits per heavy atom. The van der Waals surface area contributed by atoms with E-state index in [9.17, 15) is 23.9 Å². The van der Waals surface area contributed by atoms with Crippen LogP contribution in [0.25, 0.3) is 0 Å². The minimum atomic E-state index is -6.21. The van der Waals surface area contributed by atoms with Crippen LogP contribution in [0, 0.1) is 0 Å². The molecule has 0 unspecified atom stereocenters. The number of hydrogen-bond donors (Lipinski definition) is 0. The van der Waals surface area contributed by atoms with Crippen molar-refractivity contribution >= 4 is 83.6 Å². The molecule has 0 aliphatic rings. The smallest absolute Gasteiger partial charge is 2.00 e. The third-order valence-corrected chi connectivity index (χ3v) is 5.40. The van der Waals surface area contributed by atoms with Gasteiger partial charge in [0.2, 0.25) is 0 Å². The summed E-state index contributed by atoms with van der Waals surface area (Å²) >= 11 is -12.4.